The predicted molar refractivity (Wildman–Crippen MR) is 78.6 cm³/mol. The van der Waals surface area contributed by atoms with Crippen LogP contribution < -0.4 is 5.73 Å². The molecule has 0 radical (unpaired) electrons. The summed E-state index contributed by atoms with van der Waals surface area (Å²) in [6, 6.07) is 1.82. The highest BCUT2D eigenvalue weighted by Gasteiger charge is 2.39. The van der Waals surface area contributed by atoms with Crippen molar-refractivity contribution < 1.29 is 4.79 Å². The molecular formula is C14H16N4OS. The van der Waals surface area contributed by atoms with Crippen molar-refractivity contribution in [1.29, 1.82) is 0 Å². The molecule has 2 fully saturated rings. The fourth-order valence-corrected chi connectivity index (χ4v) is 4.58. The van der Waals surface area contributed by atoms with Crippen molar-refractivity contribution in [2.45, 2.75) is 19.3 Å². The van der Waals surface area contributed by atoms with Gasteiger partial charge < -0.3 is 10.6 Å². The van der Waals surface area contributed by atoms with Gasteiger partial charge in [-0.1, -0.05) is 6.42 Å². The van der Waals surface area contributed by atoms with Crippen LogP contribution in [0.4, 0.5) is 5.69 Å². The zero-order valence-corrected chi connectivity index (χ0v) is 11.9. The molecule has 104 valence electrons. The molecule has 2 N–H and O–H groups in total. The van der Waals surface area contributed by atoms with E-state index in [1.807, 2.05) is 11.0 Å². The summed E-state index contributed by atoms with van der Waals surface area (Å²) >= 11 is 1.36. The predicted octanol–water partition coefficient (Wildman–Crippen LogP) is 2.15. The number of aromatic nitrogens is 2. The lowest BCUT2D eigenvalue weighted by atomic mass is 10.0. The maximum Gasteiger partial charge on any atom is 0.266 e. The largest absolute Gasteiger partial charge is 0.397 e. The Morgan fingerprint density at radius 3 is 2.80 bits per heavy atom. The fourth-order valence-electron chi connectivity index (χ4n) is 3.58. The summed E-state index contributed by atoms with van der Waals surface area (Å²) in [7, 11) is 0. The molecule has 3 heterocycles. The molecule has 1 aliphatic heterocycles. The molecule has 1 aliphatic carbocycles. The van der Waals surface area contributed by atoms with Gasteiger partial charge >= 0.3 is 0 Å². The van der Waals surface area contributed by atoms with Crippen LogP contribution in [0.5, 0.6) is 0 Å². The average Bonchev–Trinajstić information content (AvgIpc) is 3.11. The van der Waals surface area contributed by atoms with Gasteiger partial charge in [-0.3, -0.25) is 4.79 Å². The normalized spacial score (nSPS) is 25.3. The van der Waals surface area contributed by atoms with E-state index in [4.69, 9.17) is 5.73 Å². The molecule has 0 spiro atoms. The second-order valence-corrected chi connectivity index (χ2v) is 6.76. The van der Waals surface area contributed by atoms with Crippen LogP contribution >= 0.6 is 11.3 Å². The molecule has 6 heteroatoms. The molecule has 1 saturated heterocycles. The van der Waals surface area contributed by atoms with Gasteiger partial charge in [0.25, 0.3) is 5.91 Å². The number of hydrogen-bond acceptors (Lipinski definition) is 5. The topological polar surface area (TPSA) is 72.1 Å². The van der Waals surface area contributed by atoms with E-state index >= 15 is 0 Å². The van der Waals surface area contributed by atoms with Gasteiger partial charge in [-0.25, -0.2) is 0 Å². The molecule has 1 saturated carbocycles. The van der Waals surface area contributed by atoms with Crippen LogP contribution in [-0.2, 0) is 0 Å². The Morgan fingerprint density at radius 2 is 2.10 bits per heavy atom. The first-order valence-corrected chi connectivity index (χ1v) is 7.84. The van der Waals surface area contributed by atoms with Gasteiger partial charge in [0.1, 0.15) is 9.71 Å². The van der Waals surface area contributed by atoms with E-state index in [2.05, 4.69) is 10.2 Å². The molecule has 1 amide bonds. The Balaban J connectivity index is 1.66. The molecule has 2 aliphatic rings. The smallest absolute Gasteiger partial charge is 0.266 e. The molecule has 2 aromatic rings. The van der Waals surface area contributed by atoms with E-state index in [1.54, 1.807) is 6.20 Å². The van der Waals surface area contributed by atoms with Gasteiger partial charge in [-0.05, 0) is 30.7 Å². The standard InChI is InChI=1S/C14H16N4OS/c15-11-10-4-5-16-17-13(10)20-12(11)14(19)18-6-8-2-1-3-9(8)7-18/h4-5,8-9H,1-3,6-7,15H2. The van der Waals surface area contributed by atoms with Crippen molar-refractivity contribution in [3.63, 3.8) is 0 Å². The lowest BCUT2D eigenvalue weighted by molar-refractivity contribution is 0.0786. The van der Waals surface area contributed by atoms with Crippen LogP contribution in [0.2, 0.25) is 0 Å². The maximum atomic E-state index is 12.7. The quantitative estimate of drug-likeness (QED) is 0.872. The zero-order chi connectivity index (χ0) is 13.7. The van der Waals surface area contributed by atoms with Gasteiger partial charge in [0.05, 0.1) is 11.9 Å². The molecule has 2 atom stereocenters. The summed E-state index contributed by atoms with van der Waals surface area (Å²) in [5, 5.41) is 8.74. The highest BCUT2D eigenvalue weighted by atomic mass is 32.1. The number of thiophene rings is 1. The molecule has 0 bridgehead atoms. The Labute approximate surface area is 120 Å². The number of anilines is 1. The summed E-state index contributed by atoms with van der Waals surface area (Å²) in [4.78, 5) is 16.0. The number of amides is 1. The van der Waals surface area contributed by atoms with Crippen molar-refractivity contribution in [1.82, 2.24) is 15.1 Å². The van der Waals surface area contributed by atoms with E-state index in [-0.39, 0.29) is 5.91 Å². The molecule has 4 rings (SSSR count). The lowest BCUT2D eigenvalue weighted by Crippen LogP contribution is -2.29. The first-order chi connectivity index (χ1) is 9.74. The van der Waals surface area contributed by atoms with Crippen LogP contribution in [0.1, 0.15) is 28.9 Å². The Morgan fingerprint density at radius 1 is 1.35 bits per heavy atom. The number of rotatable bonds is 1. The van der Waals surface area contributed by atoms with Gasteiger partial charge in [0.2, 0.25) is 0 Å². The number of likely N-dealkylation sites (tertiary alicyclic amines) is 1. The van der Waals surface area contributed by atoms with Crippen LogP contribution in [-0.4, -0.2) is 34.1 Å². The third-order valence-corrected chi connectivity index (χ3v) is 5.72. The van der Waals surface area contributed by atoms with E-state index < -0.39 is 0 Å². The summed E-state index contributed by atoms with van der Waals surface area (Å²) in [5.41, 5.74) is 6.68. The van der Waals surface area contributed by atoms with Crippen molar-refractivity contribution in [2.24, 2.45) is 11.8 Å². The summed E-state index contributed by atoms with van der Waals surface area (Å²) in [5.74, 6) is 1.48. The monoisotopic (exact) mass is 288 g/mol. The number of nitrogen functional groups attached to an aromatic ring is 1. The highest BCUT2D eigenvalue weighted by molar-refractivity contribution is 7.21. The molecule has 2 unspecified atom stereocenters. The zero-order valence-electron chi connectivity index (χ0n) is 11.1. The second kappa shape index (κ2) is 4.41. The number of carbonyl (C=O) groups excluding carboxylic acids is 1. The van der Waals surface area contributed by atoms with Crippen molar-refractivity contribution in [2.75, 3.05) is 18.8 Å². The molecule has 5 nitrogen and oxygen atoms in total. The number of nitrogens with zero attached hydrogens (tertiary/aromatic N) is 3. The molecule has 20 heavy (non-hydrogen) atoms. The Hall–Kier alpha value is -1.69. The lowest BCUT2D eigenvalue weighted by Gasteiger charge is -2.16. The minimum Gasteiger partial charge on any atom is -0.397 e. The van der Waals surface area contributed by atoms with E-state index in [0.29, 0.717) is 22.4 Å². The van der Waals surface area contributed by atoms with Crippen LogP contribution in [0.3, 0.4) is 0 Å². The van der Waals surface area contributed by atoms with Crippen LogP contribution in [0.15, 0.2) is 12.3 Å². The maximum absolute atomic E-state index is 12.7. The van der Waals surface area contributed by atoms with Crippen molar-refractivity contribution >= 4 is 33.1 Å². The Kier molecular flexibility index (Phi) is 2.66. The third-order valence-electron chi connectivity index (χ3n) is 4.63. The first kappa shape index (κ1) is 12.1. The first-order valence-electron chi connectivity index (χ1n) is 7.03. The third kappa shape index (κ3) is 1.71. The minimum absolute atomic E-state index is 0.0694. The molecule has 0 aromatic carbocycles. The SMILES string of the molecule is Nc1c(C(=O)N2CC3CCCC3C2)sc2nnccc12. The van der Waals surface area contributed by atoms with E-state index in [0.717, 1.165) is 23.3 Å². The van der Waals surface area contributed by atoms with Gasteiger partial charge in [-0.15, -0.1) is 16.4 Å². The highest BCUT2D eigenvalue weighted by Crippen LogP contribution is 2.40. The average molecular weight is 288 g/mol. The number of fused-ring (bicyclic) bond motifs is 2. The summed E-state index contributed by atoms with van der Waals surface area (Å²) < 4.78 is 0. The van der Waals surface area contributed by atoms with E-state index in [9.17, 15) is 4.79 Å². The minimum atomic E-state index is 0.0694. The van der Waals surface area contributed by atoms with Crippen LogP contribution in [0.25, 0.3) is 10.2 Å². The fraction of sp³-hybridized carbons (Fsp3) is 0.500. The second-order valence-electron chi connectivity index (χ2n) is 5.76. The van der Waals surface area contributed by atoms with Crippen LogP contribution in [0, 0.1) is 11.8 Å². The molecular weight excluding hydrogens is 272 g/mol. The van der Waals surface area contributed by atoms with Gasteiger partial charge in [-0.2, -0.15) is 5.10 Å². The number of nitrogens with two attached hydrogens (primary N) is 1. The Bertz CT molecular complexity index is 671. The number of hydrogen-bond donors (Lipinski definition) is 1. The summed E-state index contributed by atoms with van der Waals surface area (Å²) in [6.45, 7) is 1.78. The van der Waals surface area contributed by atoms with Crippen molar-refractivity contribution in [3.05, 3.63) is 17.1 Å². The van der Waals surface area contributed by atoms with Crippen molar-refractivity contribution in [3.8, 4) is 0 Å². The summed E-state index contributed by atoms with van der Waals surface area (Å²) in [6.07, 6.45) is 5.46. The molecule has 2 aromatic heterocycles. The van der Waals surface area contributed by atoms with Gasteiger partial charge in [0.15, 0.2) is 0 Å². The number of carbonyl (C=O) groups is 1. The van der Waals surface area contributed by atoms with E-state index in [1.165, 1.54) is 30.6 Å². The van der Waals surface area contributed by atoms with Gasteiger partial charge in [0, 0.05) is 18.5 Å².